The standard InChI is InChI=1S/C27H28N6/c28-25-19-9-5-4-8-18(19)15-27(25)10-12-33(13-11-27)22-16-29-24-23(31-32-26(24)30-22)21-14-20(21)17-6-2-1-3-7-17/h1-9,16,20-21,25H,10-15,28H2,(H,30,31,32)/t20-,21-,25+/m0/s1. The van der Waals surface area contributed by atoms with Crippen molar-refractivity contribution >= 4 is 17.0 Å². The molecule has 1 spiro atoms. The van der Waals surface area contributed by atoms with Gasteiger partial charge >= 0.3 is 0 Å². The molecule has 0 unspecified atom stereocenters. The Balaban J connectivity index is 1.08. The SMILES string of the molecule is N[C@@H]1c2ccccc2CC12CCN(c1cnc3c([C@H]4C[C@H]4c4ccccc4)n[nH]c3n1)CC2. The second-order valence-corrected chi connectivity index (χ2v) is 10.1. The summed E-state index contributed by atoms with van der Waals surface area (Å²) >= 11 is 0. The first-order chi connectivity index (χ1) is 16.2. The van der Waals surface area contributed by atoms with Gasteiger partial charge in [0.1, 0.15) is 11.3 Å². The fourth-order valence-corrected chi connectivity index (χ4v) is 6.27. The maximum atomic E-state index is 6.75. The minimum absolute atomic E-state index is 0.135. The molecule has 3 heterocycles. The highest BCUT2D eigenvalue weighted by atomic mass is 15.2. The third-order valence-electron chi connectivity index (χ3n) is 8.33. The fraction of sp³-hybridized carbons (Fsp3) is 0.370. The average Bonchev–Trinajstić information content (AvgIpc) is 3.48. The highest BCUT2D eigenvalue weighted by Crippen LogP contribution is 2.55. The number of nitrogens with zero attached hydrogens (tertiary/aromatic N) is 4. The molecule has 0 bridgehead atoms. The van der Waals surface area contributed by atoms with Crippen molar-refractivity contribution < 1.29 is 0 Å². The van der Waals surface area contributed by atoms with Crippen molar-refractivity contribution in [2.45, 2.75) is 43.6 Å². The van der Waals surface area contributed by atoms with Gasteiger partial charge in [-0.1, -0.05) is 54.6 Å². The number of anilines is 1. The smallest absolute Gasteiger partial charge is 0.176 e. The van der Waals surface area contributed by atoms with Gasteiger partial charge in [-0.25, -0.2) is 9.97 Å². The van der Waals surface area contributed by atoms with Gasteiger partial charge in [-0.05, 0) is 53.7 Å². The van der Waals surface area contributed by atoms with Crippen molar-refractivity contribution in [1.82, 2.24) is 20.2 Å². The normalized spacial score (nSPS) is 25.5. The van der Waals surface area contributed by atoms with Crippen LogP contribution in [0, 0.1) is 5.41 Å². The van der Waals surface area contributed by atoms with Crippen molar-refractivity contribution in [3.63, 3.8) is 0 Å². The van der Waals surface area contributed by atoms with E-state index in [1.54, 1.807) is 0 Å². The van der Waals surface area contributed by atoms with Gasteiger partial charge in [0.15, 0.2) is 5.65 Å². The molecule has 0 radical (unpaired) electrons. The molecule has 33 heavy (non-hydrogen) atoms. The molecule has 2 aromatic carbocycles. The van der Waals surface area contributed by atoms with Crippen LogP contribution in [0.1, 0.15) is 59.5 Å². The number of nitrogens with one attached hydrogen (secondary N) is 1. The van der Waals surface area contributed by atoms with E-state index in [4.69, 9.17) is 15.7 Å². The molecule has 1 aliphatic heterocycles. The third kappa shape index (κ3) is 3.00. The van der Waals surface area contributed by atoms with Crippen LogP contribution in [0.15, 0.2) is 60.8 Å². The van der Waals surface area contributed by atoms with Gasteiger partial charge in [0.05, 0.1) is 11.9 Å². The highest BCUT2D eigenvalue weighted by molar-refractivity contribution is 5.75. The number of hydrogen-bond acceptors (Lipinski definition) is 5. The van der Waals surface area contributed by atoms with Gasteiger partial charge in [-0.2, -0.15) is 5.10 Å². The summed E-state index contributed by atoms with van der Waals surface area (Å²) in [6.45, 7) is 1.92. The van der Waals surface area contributed by atoms with Crippen molar-refractivity contribution in [3.8, 4) is 0 Å². The molecule has 2 aliphatic carbocycles. The minimum atomic E-state index is 0.135. The molecule has 1 saturated heterocycles. The largest absolute Gasteiger partial charge is 0.355 e. The van der Waals surface area contributed by atoms with E-state index in [0.29, 0.717) is 11.8 Å². The van der Waals surface area contributed by atoms with Crippen molar-refractivity contribution in [2.24, 2.45) is 11.1 Å². The molecular weight excluding hydrogens is 408 g/mol. The number of piperidine rings is 1. The number of hydrogen-bond donors (Lipinski definition) is 2. The van der Waals surface area contributed by atoms with Crippen LogP contribution < -0.4 is 10.6 Å². The lowest BCUT2D eigenvalue weighted by Gasteiger charge is -2.42. The van der Waals surface area contributed by atoms with Gasteiger partial charge in [-0.15, -0.1) is 0 Å². The minimum Gasteiger partial charge on any atom is -0.355 e. The first-order valence-corrected chi connectivity index (χ1v) is 12.1. The fourth-order valence-electron chi connectivity index (χ4n) is 6.27. The number of fused-ring (bicyclic) bond motifs is 2. The Morgan fingerprint density at radius 2 is 1.76 bits per heavy atom. The zero-order valence-electron chi connectivity index (χ0n) is 18.6. The van der Waals surface area contributed by atoms with Crippen molar-refractivity contribution in [3.05, 3.63) is 83.2 Å². The van der Waals surface area contributed by atoms with Crippen LogP contribution in [0.4, 0.5) is 5.82 Å². The van der Waals surface area contributed by atoms with E-state index in [1.807, 2.05) is 6.20 Å². The van der Waals surface area contributed by atoms with Crippen molar-refractivity contribution in [2.75, 3.05) is 18.0 Å². The maximum absolute atomic E-state index is 6.75. The van der Waals surface area contributed by atoms with E-state index >= 15 is 0 Å². The Bertz CT molecular complexity index is 1320. The number of nitrogens with two attached hydrogens (primary N) is 1. The second-order valence-electron chi connectivity index (χ2n) is 10.1. The van der Waals surface area contributed by atoms with E-state index in [-0.39, 0.29) is 11.5 Å². The summed E-state index contributed by atoms with van der Waals surface area (Å²) in [5, 5.41) is 7.78. The highest BCUT2D eigenvalue weighted by Gasteiger charge is 2.46. The predicted octanol–water partition coefficient (Wildman–Crippen LogP) is 4.47. The van der Waals surface area contributed by atoms with Crippen molar-refractivity contribution in [1.29, 1.82) is 0 Å². The number of H-pyrrole nitrogens is 1. The Morgan fingerprint density at radius 1 is 0.970 bits per heavy atom. The number of rotatable bonds is 3. The van der Waals surface area contributed by atoms with E-state index in [2.05, 4.69) is 69.7 Å². The van der Waals surface area contributed by atoms with Gasteiger partial charge in [0.25, 0.3) is 0 Å². The molecule has 2 aromatic heterocycles. The van der Waals surface area contributed by atoms with Crippen LogP contribution in [0.2, 0.25) is 0 Å². The average molecular weight is 437 g/mol. The van der Waals surface area contributed by atoms with Crippen LogP contribution in [0.5, 0.6) is 0 Å². The Labute approximate surface area is 193 Å². The Morgan fingerprint density at radius 3 is 2.58 bits per heavy atom. The van der Waals surface area contributed by atoms with Crippen LogP contribution in [0.3, 0.4) is 0 Å². The molecule has 0 amide bonds. The second kappa shape index (κ2) is 7.12. The van der Waals surface area contributed by atoms with Gasteiger partial charge in [0, 0.05) is 25.0 Å². The quantitative estimate of drug-likeness (QED) is 0.495. The molecule has 6 nitrogen and oxygen atoms in total. The molecular formula is C27H28N6. The monoisotopic (exact) mass is 436 g/mol. The number of benzene rings is 2. The third-order valence-corrected chi connectivity index (χ3v) is 8.33. The molecule has 166 valence electrons. The molecule has 3 atom stereocenters. The molecule has 1 saturated carbocycles. The molecule has 4 aromatic rings. The summed E-state index contributed by atoms with van der Waals surface area (Å²) < 4.78 is 0. The molecule has 3 aliphatic rings. The molecule has 7 rings (SSSR count). The zero-order chi connectivity index (χ0) is 22.0. The molecule has 3 N–H and O–H groups in total. The Kier molecular flexibility index (Phi) is 4.15. The molecule has 2 fully saturated rings. The summed E-state index contributed by atoms with van der Waals surface area (Å²) in [6, 6.07) is 19.5. The predicted molar refractivity (Wildman–Crippen MR) is 129 cm³/mol. The first-order valence-electron chi connectivity index (χ1n) is 12.1. The lowest BCUT2D eigenvalue weighted by molar-refractivity contribution is 0.187. The van der Waals surface area contributed by atoms with Crippen LogP contribution in [0.25, 0.3) is 11.2 Å². The van der Waals surface area contributed by atoms with Gasteiger partial charge in [0.2, 0.25) is 0 Å². The lowest BCUT2D eigenvalue weighted by Crippen LogP contribution is -2.44. The van der Waals surface area contributed by atoms with E-state index in [1.165, 1.54) is 16.7 Å². The summed E-state index contributed by atoms with van der Waals surface area (Å²) in [5.41, 5.74) is 13.9. The topological polar surface area (TPSA) is 83.7 Å². The van der Waals surface area contributed by atoms with Crippen LogP contribution in [-0.4, -0.2) is 33.3 Å². The first kappa shape index (κ1) is 19.2. The van der Waals surface area contributed by atoms with E-state index in [0.717, 1.165) is 61.4 Å². The van der Waals surface area contributed by atoms with Crippen LogP contribution in [-0.2, 0) is 6.42 Å². The molecule has 6 heteroatoms. The van der Waals surface area contributed by atoms with Gasteiger partial charge in [-0.3, -0.25) is 5.10 Å². The van der Waals surface area contributed by atoms with E-state index in [9.17, 15) is 0 Å². The summed E-state index contributed by atoms with van der Waals surface area (Å²) in [4.78, 5) is 12.1. The number of aromatic amines is 1. The van der Waals surface area contributed by atoms with Crippen LogP contribution >= 0.6 is 0 Å². The maximum Gasteiger partial charge on any atom is 0.176 e. The lowest BCUT2D eigenvalue weighted by atomic mass is 9.73. The zero-order valence-corrected chi connectivity index (χ0v) is 18.6. The number of aromatic nitrogens is 4. The summed E-state index contributed by atoms with van der Waals surface area (Å²) in [6.07, 6.45) is 6.32. The Hall–Kier alpha value is -3.25. The van der Waals surface area contributed by atoms with Gasteiger partial charge < -0.3 is 10.6 Å². The summed E-state index contributed by atoms with van der Waals surface area (Å²) in [5.74, 6) is 1.91. The van der Waals surface area contributed by atoms with E-state index < -0.39 is 0 Å². The summed E-state index contributed by atoms with van der Waals surface area (Å²) in [7, 11) is 0.